The first-order valence-electron chi connectivity index (χ1n) is 12.1. The molecule has 1 amide bonds. The Morgan fingerprint density at radius 1 is 1.13 bits per heavy atom. The van der Waals surface area contributed by atoms with Crippen molar-refractivity contribution >= 4 is 28.6 Å². The van der Waals surface area contributed by atoms with Gasteiger partial charge in [0.25, 0.3) is 5.56 Å². The second kappa shape index (κ2) is 11.6. The summed E-state index contributed by atoms with van der Waals surface area (Å²) < 4.78 is 31.8. The van der Waals surface area contributed by atoms with Gasteiger partial charge < -0.3 is 19.5 Å². The van der Waals surface area contributed by atoms with Gasteiger partial charge in [0.2, 0.25) is 12.7 Å². The second-order valence-electron chi connectivity index (χ2n) is 8.68. The number of nitrogens with one attached hydrogen (secondary N) is 1. The van der Waals surface area contributed by atoms with Gasteiger partial charge in [-0.15, -0.1) is 0 Å². The molecule has 0 radical (unpaired) electrons. The van der Waals surface area contributed by atoms with E-state index in [1.807, 2.05) is 24.3 Å². The van der Waals surface area contributed by atoms with E-state index in [-0.39, 0.29) is 37.0 Å². The van der Waals surface area contributed by atoms with Gasteiger partial charge in [0, 0.05) is 31.3 Å². The minimum Gasteiger partial charge on any atom is -0.497 e. The van der Waals surface area contributed by atoms with Crippen LogP contribution in [0.2, 0.25) is 0 Å². The topological polar surface area (TPSA) is 91.7 Å². The van der Waals surface area contributed by atoms with Crippen molar-refractivity contribution in [2.75, 3.05) is 13.9 Å². The standard InChI is InChI=1S/C28H26FN3O5S/c1-35-20-10-8-18(9-11-20)15-30-26(33)7-4-12-32-27(34)21-13-24-25(37-17-36-24)14-23(21)31-28(32)38-16-19-5-2-3-6-22(19)29/h2-3,5-6,8-11,13-14H,4,7,12,15-17H2,1H3,(H,30,33). The largest absolute Gasteiger partial charge is 0.497 e. The predicted molar refractivity (Wildman–Crippen MR) is 142 cm³/mol. The molecular weight excluding hydrogens is 509 g/mol. The fraction of sp³-hybridized carbons (Fsp3) is 0.250. The van der Waals surface area contributed by atoms with E-state index < -0.39 is 0 Å². The number of hydrogen-bond acceptors (Lipinski definition) is 7. The number of nitrogens with zero attached hydrogens (tertiary/aromatic N) is 2. The van der Waals surface area contributed by atoms with Crippen molar-refractivity contribution in [2.45, 2.75) is 36.8 Å². The average Bonchev–Trinajstić information content (AvgIpc) is 3.40. The molecule has 10 heteroatoms. The molecule has 8 nitrogen and oxygen atoms in total. The Hall–Kier alpha value is -4.05. The lowest BCUT2D eigenvalue weighted by Gasteiger charge is -2.14. The lowest BCUT2D eigenvalue weighted by molar-refractivity contribution is -0.121. The van der Waals surface area contributed by atoms with E-state index in [0.29, 0.717) is 51.8 Å². The molecule has 1 aliphatic heterocycles. The van der Waals surface area contributed by atoms with Crippen LogP contribution < -0.4 is 25.1 Å². The minimum absolute atomic E-state index is 0.0837. The molecule has 1 aromatic heterocycles. The molecule has 196 valence electrons. The van der Waals surface area contributed by atoms with Gasteiger partial charge in [0.15, 0.2) is 16.7 Å². The first-order chi connectivity index (χ1) is 18.5. The highest BCUT2D eigenvalue weighted by Gasteiger charge is 2.19. The van der Waals surface area contributed by atoms with Gasteiger partial charge in [-0.05, 0) is 41.8 Å². The Morgan fingerprint density at radius 3 is 2.66 bits per heavy atom. The number of methoxy groups -OCH3 is 1. The number of thioether (sulfide) groups is 1. The first-order valence-corrected chi connectivity index (χ1v) is 13.1. The molecule has 0 saturated heterocycles. The number of fused-ring (bicyclic) bond motifs is 2. The maximum Gasteiger partial charge on any atom is 0.262 e. The van der Waals surface area contributed by atoms with Crippen molar-refractivity contribution < 1.29 is 23.4 Å². The van der Waals surface area contributed by atoms with Crippen LogP contribution in [0.5, 0.6) is 17.2 Å². The SMILES string of the molecule is COc1ccc(CNC(=O)CCCn2c(SCc3ccccc3F)nc3cc4c(cc3c2=O)OCO4)cc1. The highest BCUT2D eigenvalue weighted by atomic mass is 32.2. The Morgan fingerprint density at radius 2 is 1.89 bits per heavy atom. The zero-order chi connectivity index (χ0) is 26.5. The van der Waals surface area contributed by atoms with Gasteiger partial charge in [0.05, 0.1) is 18.0 Å². The molecule has 0 fully saturated rings. The van der Waals surface area contributed by atoms with Crippen molar-refractivity contribution in [1.29, 1.82) is 0 Å². The van der Waals surface area contributed by atoms with Gasteiger partial charge in [-0.3, -0.25) is 14.2 Å². The summed E-state index contributed by atoms with van der Waals surface area (Å²) in [4.78, 5) is 30.7. The molecule has 0 aliphatic carbocycles. The maximum atomic E-state index is 14.2. The van der Waals surface area contributed by atoms with Crippen LogP contribution in [0, 0.1) is 5.82 Å². The fourth-order valence-electron chi connectivity index (χ4n) is 4.09. The third-order valence-corrected chi connectivity index (χ3v) is 7.19. The monoisotopic (exact) mass is 535 g/mol. The Bertz CT molecular complexity index is 1520. The summed E-state index contributed by atoms with van der Waals surface area (Å²) in [5, 5.41) is 3.75. The van der Waals surface area contributed by atoms with Crippen molar-refractivity contribution in [3.8, 4) is 17.2 Å². The zero-order valence-electron chi connectivity index (χ0n) is 20.7. The van der Waals surface area contributed by atoms with E-state index in [1.165, 1.54) is 17.8 Å². The number of benzene rings is 3. The quantitative estimate of drug-likeness (QED) is 0.233. The number of amides is 1. The predicted octanol–water partition coefficient (Wildman–Crippen LogP) is 4.66. The normalized spacial score (nSPS) is 12.1. The minimum atomic E-state index is -0.313. The molecule has 5 rings (SSSR count). The van der Waals surface area contributed by atoms with E-state index in [9.17, 15) is 14.0 Å². The molecule has 4 aromatic rings. The van der Waals surface area contributed by atoms with Crippen LogP contribution in [-0.2, 0) is 23.6 Å². The van der Waals surface area contributed by atoms with E-state index in [0.717, 1.165) is 11.3 Å². The van der Waals surface area contributed by atoms with Crippen molar-refractivity contribution in [3.63, 3.8) is 0 Å². The van der Waals surface area contributed by atoms with Gasteiger partial charge in [-0.2, -0.15) is 0 Å². The number of halogens is 1. The lowest BCUT2D eigenvalue weighted by Crippen LogP contribution is -2.26. The molecule has 0 bridgehead atoms. The van der Waals surface area contributed by atoms with Crippen LogP contribution >= 0.6 is 11.8 Å². The van der Waals surface area contributed by atoms with E-state index >= 15 is 0 Å². The summed E-state index contributed by atoms with van der Waals surface area (Å²) in [6.07, 6.45) is 0.665. The van der Waals surface area contributed by atoms with Crippen LogP contribution in [0.15, 0.2) is 70.6 Å². The van der Waals surface area contributed by atoms with Crippen molar-refractivity contribution in [3.05, 3.63) is 88.0 Å². The van der Waals surface area contributed by atoms with E-state index in [2.05, 4.69) is 5.32 Å². The summed E-state index contributed by atoms with van der Waals surface area (Å²) in [5.74, 6) is 1.64. The molecular formula is C28H26FN3O5S. The van der Waals surface area contributed by atoms with Crippen LogP contribution in [0.3, 0.4) is 0 Å². The number of carbonyl (C=O) groups is 1. The third kappa shape index (κ3) is 5.75. The Kier molecular flexibility index (Phi) is 7.78. The van der Waals surface area contributed by atoms with E-state index in [1.54, 1.807) is 42.0 Å². The summed E-state index contributed by atoms with van der Waals surface area (Å²) >= 11 is 1.27. The van der Waals surface area contributed by atoms with Gasteiger partial charge in [0.1, 0.15) is 11.6 Å². The first kappa shape index (κ1) is 25.6. The molecule has 1 N–H and O–H groups in total. The van der Waals surface area contributed by atoms with Crippen molar-refractivity contribution in [2.24, 2.45) is 0 Å². The number of aromatic nitrogens is 2. The zero-order valence-corrected chi connectivity index (χ0v) is 21.6. The second-order valence-corrected chi connectivity index (χ2v) is 9.62. The fourth-order valence-corrected chi connectivity index (χ4v) is 5.10. The number of carbonyl (C=O) groups excluding carboxylic acids is 1. The molecule has 0 unspecified atom stereocenters. The van der Waals surface area contributed by atoms with Gasteiger partial charge in [-0.25, -0.2) is 9.37 Å². The highest BCUT2D eigenvalue weighted by Crippen LogP contribution is 2.35. The third-order valence-electron chi connectivity index (χ3n) is 6.16. The Labute approximate surface area is 222 Å². The van der Waals surface area contributed by atoms with Crippen LogP contribution in [0.25, 0.3) is 10.9 Å². The molecule has 38 heavy (non-hydrogen) atoms. The molecule has 2 heterocycles. The summed E-state index contributed by atoms with van der Waals surface area (Å²) in [7, 11) is 1.60. The maximum absolute atomic E-state index is 14.2. The van der Waals surface area contributed by atoms with Gasteiger partial charge >= 0.3 is 0 Å². The highest BCUT2D eigenvalue weighted by molar-refractivity contribution is 7.98. The van der Waals surface area contributed by atoms with Crippen molar-refractivity contribution in [1.82, 2.24) is 14.9 Å². The molecule has 1 aliphatic rings. The molecule has 0 atom stereocenters. The number of rotatable bonds is 10. The number of ether oxygens (including phenoxy) is 3. The van der Waals surface area contributed by atoms with Crippen LogP contribution in [0.4, 0.5) is 4.39 Å². The van der Waals surface area contributed by atoms with E-state index in [4.69, 9.17) is 19.2 Å². The summed E-state index contributed by atoms with van der Waals surface area (Å²) in [6.45, 7) is 0.767. The molecule has 3 aromatic carbocycles. The average molecular weight is 536 g/mol. The summed E-state index contributed by atoms with van der Waals surface area (Å²) in [6, 6.07) is 17.3. The summed E-state index contributed by atoms with van der Waals surface area (Å²) in [5.41, 5.74) is 1.70. The lowest BCUT2D eigenvalue weighted by atomic mass is 10.2. The van der Waals surface area contributed by atoms with Crippen LogP contribution in [0.1, 0.15) is 24.0 Å². The molecule has 0 spiro atoms. The molecule has 0 saturated carbocycles. The van der Waals surface area contributed by atoms with Gasteiger partial charge in [-0.1, -0.05) is 42.1 Å². The Balaban J connectivity index is 1.31. The number of hydrogen-bond donors (Lipinski definition) is 1. The van der Waals surface area contributed by atoms with Crippen LogP contribution in [-0.4, -0.2) is 29.4 Å². The smallest absolute Gasteiger partial charge is 0.262 e.